The van der Waals surface area contributed by atoms with E-state index in [1.54, 1.807) is 19.2 Å². The average molecular weight is 485 g/mol. The van der Waals surface area contributed by atoms with Gasteiger partial charge >= 0.3 is 0 Å². The van der Waals surface area contributed by atoms with E-state index in [1.807, 2.05) is 0 Å². The van der Waals surface area contributed by atoms with Gasteiger partial charge in [-0.25, -0.2) is 9.07 Å². The Morgan fingerprint density at radius 3 is 2.56 bits per heavy atom. The van der Waals surface area contributed by atoms with E-state index in [0.29, 0.717) is 29.9 Å². The first-order valence-corrected chi connectivity index (χ1v) is 8.58. The van der Waals surface area contributed by atoms with Crippen LogP contribution in [0.5, 0.6) is 0 Å². The molecule has 146 valence electrons. The molecular formula is C18H25FIN7. The molecule has 0 saturated carbocycles. The Balaban J connectivity index is 0.00000364. The predicted octanol–water partition coefficient (Wildman–Crippen LogP) is 2.59. The van der Waals surface area contributed by atoms with Crippen molar-refractivity contribution in [3.05, 3.63) is 41.3 Å². The molecule has 4 N–H and O–H groups in total. The summed E-state index contributed by atoms with van der Waals surface area (Å²) >= 11 is 0. The highest BCUT2D eigenvalue weighted by molar-refractivity contribution is 14.0. The Bertz CT molecular complexity index is 793. The Kier molecular flexibility index (Phi) is 9.56. The maximum absolute atomic E-state index is 13.1. The van der Waals surface area contributed by atoms with Crippen molar-refractivity contribution in [2.45, 2.75) is 26.2 Å². The molecule has 9 heteroatoms. The summed E-state index contributed by atoms with van der Waals surface area (Å²) in [5, 5.41) is 20.3. The van der Waals surface area contributed by atoms with Crippen molar-refractivity contribution in [3.63, 3.8) is 0 Å². The lowest BCUT2D eigenvalue weighted by Crippen LogP contribution is -2.38. The number of nitrogens with two attached hydrogens (primary N) is 1. The van der Waals surface area contributed by atoms with E-state index in [9.17, 15) is 9.65 Å². The predicted molar refractivity (Wildman–Crippen MR) is 116 cm³/mol. The number of nitrogens with one attached hydrogen (secondary N) is 2. The van der Waals surface area contributed by atoms with E-state index in [-0.39, 0.29) is 35.6 Å². The van der Waals surface area contributed by atoms with Crippen LogP contribution in [0.1, 0.15) is 31.0 Å². The van der Waals surface area contributed by atoms with Crippen LogP contribution in [-0.2, 0) is 6.42 Å². The highest BCUT2D eigenvalue weighted by Crippen LogP contribution is 2.21. The van der Waals surface area contributed by atoms with Crippen LogP contribution >= 0.6 is 24.0 Å². The van der Waals surface area contributed by atoms with Crippen molar-refractivity contribution in [1.29, 1.82) is 5.26 Å². The van der Waals surface area contributed by atoms with Gasteiger partial charge in [-0.3, -0.25) is 4.99 Å². The minimum atomic E-state index is -0.337. The number of nitrogens with zero attached hydrogens (tertiary/aromatic N) is 4. The third-order valence-electron chi connectivity index (χ3n) is 3.83. The molecule has 1 aromatic heterocycles. The lowest BCUT2D eigenvalue weighted by atomic mass is 10.1. The lowest BCUT2D eigenvalue weighted by molar-refractivity contribution is 0.627. The molecule has 7 nitrogen and oxygen atoms in total. The summed E-state index contributed by atoms with van der Waals surface area (Å²) in [6.45, 7) is 3.64. The Morgan fingerprint density at radius 2 is 1.96 bits per heavy atom. The second-order valence-electron chi connectivity index (χ2n) is 5.74. The summed E-state index contributed by atoms with van der Waals surface area (Å²) in [6.07, 6.45) is 2.38. The summed E-state index contributed by atoms with van der Waals surface area (Å²) in [6, 6.07) is 7.94. The number of nitriles is 1. The zero-order chi connectivity index (χ0) is 18.9. The quantitative estimate of drug-likeness (QED) is 0.242. The molecule has 0 atom stereocenters. The first-order valence-electron chi connectivity index (χ1n) is 8.58. The van der Waals surface area contributed by atoms with Crippen molar-refractivity contribution in [2.24, 2.45) is 4.99 Å². The Labute approximate surface area is 175 Å². The summed E-state index contributed by atoms with van der Waals surface area (Å²) in [7, 11) is 1.73. The van der Waals surface area contributed by atoms with E-state index in [1.165, 1.54) is 16.8 Å². The number of rotatable bonds is 7. The van der Waals surface area contributed by atoms with Crippen LogP contribution in [0.4, 0.5) is 10.2 Å². The number of nitrogen functional groups attached to an aromatic ring is 1. The van der Waals surface area contributed by atoms with E-state index in [0.717, 1.165) is 25.3 Å². The van der Waals surface area contributed by atoms with Crippen molar-refractivity contribution in [3.8, 4) is 11.8 Å². The molecule has 0 fully saturated rings. The topological polar surface area (TPSA) is 104 Å². The molecule has 27 heavy (non-hydrogen) atoms. The third-order valence-corrected chi connectivity index (χ3v) is 3.83. The van der Waals surface area contributed by atoms with Gasteiger partial charge in [0.2, 0.25) is 0 Å². The van der Waals surface area contributed by atoms with Gasteiger partial charge < -0.3 is 16.4 Å². The van der Waals surface area contributed by atoms with E-state index in [4.69, 9.17) is 5.73 Å². The van der Waals surface area contributed by atoms with Gasteiger partial charge in [-0.1, -0.05) is 6.92 Å². The van der Waals surface area contributed by atoms with Crippen LogP contribution in [0.3, 0.4) is 0 Å². The highest BCUT2D eigenvalue weighted by Gasteiger charge is 2.16. The number of benzene rings is 1. The summed E-state index contributed by atoms with van der Waals surface area (Å²) in [5.74, 6) is 0.683. The molecule has 0 saturated heterocycles. The molecule has 1 aromatic carbocycles. The molecule has 0 aliphatic heterocycles. The number of halogens is 2. The first-order chi connectivity index (χ1) is 12.6. The molecule has 2 rings (SSSR count). The minimum absolute atomic E-state index is 0. The van der Waals surface area contributed by atoms with Crippen LogP contribution in [0.2, 0.25) is 0 Å². The normalized spacial score (nSPS) is 10.8. The first kappa shape index (κ1) is 22.7. The zero-order valence-electron chi connectivity index (χ0n) is 15.5. The van der Waals surface area contributed by atoms with E-state index >= 15 is 0 Å². The number of hydrogen-bond acceptors (Lipinski definition) is 4. The standard InChI is InChI=1S/C18H24FN7.HI/c1-3-10-23-18(22-2)24-11-4-5-16-15(12-20)17(21)26(25-16)14-8-6-13(19)7-9-14;/h6-9H,3-5,10-11,21H2,1-2H3,(H2,22,23,24);1H. The average Bonchev–Trinajstić information content (AvgIpc) is 2.97. The molecule has 0 unspecified atom stereocenters. The van der Waals surface area contributed by atoms with Crippen LogP contribution in [0.15, 0.2) is 29.3 Å². The van der Waals surface area contributed by atoms with Crippen molar-refractivity contribution >= 4 is 35.8 Å². The van der Waals surface area contributed by atoms with Crippen LogP contribution in [-0.4, -0.2) is 35.9 Å². The fourth-order valence-electron chi connectivity index (χ4n) is 2.48. The van der Waals surface area contributed by atoms with Crippen molar-refractivity contribution < 1.29 is 4.39 Å². The highest BCUT2D eigenvalue weighted by atomic mass is 127. The van der Waals surface area contributed by atoms with Crippen molar-refractivity contribution in [2.75, 3.05) is 25.9 Å². The van der Waals surface area contributed by atoms with E-state index < -0.39 is 0 Å². The maximum atomic E-state index is 13.1. The number of guanidine groups is 1. The number of aliphatic imine (C=N–C) groups is 1. The molecule has 0 radical (unpaired) electrons. The summed E-state index contributed by atoms with van der Waals surface area (Å²) < 4.78 is 14.6. The van der Waals surface area contributed by atoms with Crippen molar-refractivity contribution in [1.82, 2.24) is 20.4 Å². The summed E-state index contributed by atoms with van der Waals surface area (Å²) in [4.78, 5) is 4.14. The zero-order valence-corrected chi connectivity index (χ0v) is 17.8. The van der Waals surface area contributed by atoms with Gasteiger partial charge in [0.15, 0.2) is 5.96 Å². The van der Waals surface area contributed by atoms with Crippen LogP contribution in [0.25, 0.3) is 5.69 Å². The van der Waals surface area contributed by atoms with Crippen LogP contribution < -0.4 is 16.4 Å². The van der Waals surface area contributed by atoms with Gasteiger partial charge in [0, 0.05) is 20.1 Å². The molecule has 1 heterocycles. The summed E-state index contributed by atoms with van der Waals surface area (Å²) in [5.41, 5.74) is 7.67. The Hall–Kier alpha value is -2.35. The number of aromatic nitrogens is 2. The smallest absolute Gasteiger partial charge is 0.190 e. The molecule has 0 aliphatic rings. The molecule has 2 aromatic rings. The monoisotopic (exact) mass is 485 g/mol. The van der Waals surface area contributed by atoms with Crippen LogP contribution in [0, 0.1) is 17.1 Å². The fourth-order valence-corrected chi connectivity index (χ4v) is 2.48. The fraction of sp³-hybridized carbons (Fsp3) is 0.389. The molecule has 0 bridgehead atoms. The van der Waals surface area contributed by atoms with Gasteiger partial charge in [0.25, 0.3) is 0 Å². The largest absolute Gasteiger partial charge is 0.382 e. The molecule has 0 aliphatic carbocycles. The lowest BCUT2D eigenvalue weighted by Gasteiger charge is -2.10. The van der Waals surface area contributed by atoms with Gasteiger partial charge in [-0.2, -0.15) is 10.4 Å². The number of anilines is 1. The third kappa shape index (κ3) is 6.09. The maximum Gasteiger partial charge on any atom is 0.190 e. The molecule has 0 spiro atoms. The van der Waals surface area contributed by atoms with Gasteiger partial charge in [0.05, 0.1) is 11.4 Å². The van der Waals surface area contributed by atoms with Gasteiger partial charge in [-0.15, -0.1) is 24.0 Å². The van der Waals surface area contributed by atoms with E-state index in [2.05, 4.69) is 33.7 Å². The SMILES string of the molecule is CCCNC(=NC)NCCCc1nn(-c2ccc(F)cc2)c(N)c1C#N.I. The number of aryl methyl sites for hydroxylation is 1. The second-order valence-corrected chi connectivity index (χ2v) is 5.74. The van der Waals surface area contributed by atoms with Gasteiger partial charge in [0.1, 0.15) is 23.3 Å². The Morgan fingerprint density at radius 1 is 1.30 bits per heavy atom. The second kappa shape index (κ2) is 11.4. The van der Waals surface area contributed by atoms with Gasteiger partial charge in [-0.05, 0) is 43.5 Å². The minimum Gasteiger partial charge on any atom is -0.382 e. The molecular weight excluding hydrogens is 460 g/mol. The molecule has 0 amide bonds. The number of hydrogen-bond donors (Lipinski definition) is 3.